The van der Waals surface area contributed by atoms with Crippen LogP contribution in [-0.4, -0.2) is 6.04 Å². The van der Waals surface area contributed by atoms with E-state index in [1.165, 1.54) is 12.1 Å². The third kappa shape index (κ3) is 1.95. The molecule has 1 fully saturated rings. The predicted molar refractivity (Wildman–Crippen MR) is 69.1 cm³/mol. The first kappa shape index (κ1) is 13.5. The molecule has 18 heavy (non-hydrogen) atoms. The number of halogens is 2. The summed E-state index contributed by atoms with van der Waals surface area (Å²) in [6, 6.07) is 4.01. The van der Waals surface area contributed by atoms with E-state index < -0.39 is 11.6 Å². The van der Waals surface area contributed by atoms with Gasteiger partial charge in [-0.1, -0.05) is 33.8 Å². The highest BCUT2D eigenvalue weighted by atomic mass is 19.2. The lowest BCUT2D eigenvalue weighted by Gasteiger charge is -2.14. The molecule has 1 aliphatic rings. The van der Waals surface area contributed by atoms with E-state index in [1.807, 2.05) is 0 Å². The normalized spacial score (nSPS) is 22.8. The molecule has 0 heterocycles. The van der Waals surface area contributed by atoms with Gasteiger partial charge in [0, 0.05) is 6.04 Å². The lowest BCUT2D eigenvalue weighted by Crippen LogP contribution is -2.28. The Morgan fingerprint density at radius 2 is 1.67 bits per heavy atom. The Hall–Kier alpha value is -0.960. The van der Waals surface area contributed by atoms with Crippen LogP contribution in [0.25, 0.3) is 0 Å². The van der Waals surface area contributed by atoms with Gasteiger partial charge < -0.3 is 5.73 Å². The fraction of sp³-hybridized carbons (Fsp3) is 0.600. The molecular weight excluding hydrogens is 232 g/mol. The highest BCUT2D eigenvalue weighted by Crippen LogP contribution is 2.69. The van der Waals surface area contributed by atoms with Crippen LogP contribution in [0.4, 0.5) is 8.78 Å². The van der Waals surface area contributed by atoms with Crippen LogP contribution in [0.2, 0.25) is 0 Å². The molecule has 0 amide bonds. The minimum atomic E-state index is -0.806. The number of nitrogens with two attached hydrogens (primary N) is 1. The Morgan fingerprint density at radius 3 is 2.11 bits per heavy atom. The van der Waals surface area contributed by atoms with E-state index >= 15 is 0 Å². The number of benzene rings is 1. The van der Waals surface area contributed by atoms with Crippen molar-refractivity contribution in [3.8, 4) is 0 Å². The molecule has 1 unspecified atom stereocenters. The number of rotatable bonds is 3. The summed E-state index contributed by atoms with van der Waals surface area (Å²) in [5.41, 5.74) is 7.42. The SMILES string of the molecule is CC1(C)C(C(N)Cc2ccc(F)c(F)c2)C1(C)C. The van der Waals surface area contributed by atoms with E-state index in [-0.39, 0.29) is 16.9 Å². The van der Waals surface area contributed by atoms with E-state index in [4.69, 9.17) is 5.73 Å². The van der Waals surface area contributed by atoms with Crippen LogP contribution >= 0.6 is 0 Å². The van der Waals surface area contributed by atoms with Crippen molar-refractivity contribution in [3.63, 3.8) is 0 Å². The molecule has 1 aromatic carbocycles. The van der Waals surface area contributed by atoms with Crippen LogP contribution < -0.4 is 5.73 Å². The first-order valence-electron chi connectivity index (χ1n) is 6.37. The summed E-state index contributed by atoms with van der Waals surface area (Å²) in [5, 5.41) is 0. The fourth-order valence-corrected chi connectivity index (χ4v) is 3.37. The van der Waals surface area contributed by atoms with Gasteiger partial charge >= 0.3 is 0 Å². The molecule has 1 aromatic rings. The minimum absolute atomic E-state index is 0.0140. The molecule has 0 spiro atoms. The molecule has 2 rings (SSSR count). The van der Waals surface area contributed by atoms with Crippen molar-refractivity contribution in [2.45, 2.75) is 40.2 Å². The smallest absolute Gasteiger partial charge is 0.159 e. The van der Waals surface area contributed by atoms with Crippen LogP contribution in [0.5, 0.6) is 0 Å². The van der Waals surface area contributed by atoms with Crippen molar-refractivity contribution < 1.29 is 8.78 Å². The first-order chi connectivity index (χ1) is 8.18. The highest BCUT2D eigenvalue weighted by Gasteiger charge is 2.66. The molecule has 100 valence electrons. The molecule has 0 bridgehead atoms. The fourth-order valence-electron chi connectivity index (χ4n) is 3.37. The van der Waals surface area contributed by atoms with Gasteiger partial charge in [-0.05, 0) is 40.9 Å². The molecule has 3 heteroatoms. The van der Waals surface area contributed by atoms with Gasteiger partial charge in [0.1, 0.15) is 0 Å². The second kappa shape index (κ2) is 4.02. The molecule has 1 atom stereocenters. The molecule has 1 saturated carbocycles. The van der Waals surface area contributed by atoms with Gasteiger partial charge in [-0.25, -0.2) is 8.78 Å². The second-order valence-corrected chi connectivity index (χ2v) is 6.54. The zero-order chi connectivity index (χ0) is 13.7. The van der Waals surface area contributed by atoms with E-state index in [2.05, 4.69) is 27.7 Å². The van der Waals surface area contributed by atoms with Gasteiger partial charge in [0.25, 0.3) is 0 Å². The van der Waals surface area contributed by atoms with Crippen molar-refractivity contribution in [3.05, 3.63) is 35.4 Å². The zero-order valence-electron chi connectivity index (χ0n) is 11.4. The molecule has 1 aliphatic carbocycles. The van der Waals surface area contributed by atoms with Crippen LogP contribution in [0, 0.1) is 28.4 Å². The van der Waals surface area contributed by atoms with Crippen molar-refractivity contribution in [2.75, 3.05) is 0 Å². The maximum atomic E-state index is 13.1. The van der Waals surface area contributed by atoms with Gasteiger partial charge in [-0.2, -0.15) is 0 Å². The maximum Gasteiger partial charge on any atom is 0.159 e. The van der Waals surface area contributed by atoms with Crippen LogP contribution in [-0.2, 0) is 6.42 Å². The highest BCUT2D eigenvalue weighted by molar-refractivity contribution is 5.22. The van der Waals surface area contributed by atoms with Gasteiger partial charge in [-0.15, -0.1) is 0 Å². The Balaban J connectivity index is 2.09. The summed E-state index contributed by atoms with van der Waals surface area (Å²) in [7, 11) is 0. The molecule has 0 saturated heterocycles. The summed E-state index contributed by atoms with van der Waals surface area (Å²) in [5.74, 6) is -1.19. The van der Waals surface area contributed by atoms with Crippen molar-refractivity contribution in [1.29, 1.82) is 0 Å². The topological polar surface area (TPSA) is 26.0 Å². The van der Waals surface area contributed by atoms with E-state index in [0.29, 0.717) is 12.3 Å². The van der Waals surface area contributed by atoms with Gasteiger partial charge in [0.15, 0.2) is 11.6 Å². The van der Waals surface area contributed by atoms with E-state index in [0.717, 1.165) is 5.56 Å². The average Bonchev–Trinajstić information content (AvgIpc) is 2.63. The van der Waals surface area contributed by atoms with Crippen molar-refractivity contribution in [2.24, 2.45) is 22.5 Å². The standard InChI is InChI=1S/C15H21F2N/c1-14(2)13(15(14,3)4)12(18)8-9-5-6-10(16)11(17)7-9/h5-7,12-13H,8,18H2,1-4H3. The zero-order valence-corrected chi connectivity index (χ0v) is 11.4. The van der Waals surface area contributed by atoms with Crippen molar-refractivity contribution >= 4 is 0 Å². The number of hydrogen-bond donors (Lipinski definition) is 1. The van der Waals surface area contributed by atoms with E-state index in [1.54, 1.807) is 6.07 Å². The summed E-state index contributed by atoms with van der Waals surface area (Å²) in [6.45, 7) is 8.84. The third-order valence-corrected chi connectivity index (χ3v) is 5.02. The second-order valence-electron chi connectivity index (χ2n) is 6.54. The monoisotopic (exact) mass is 253 g/mol. The first-order valence-corrected chi connectivity index (χ1v) is 6.37. The largest absolute Gasteiger partial charge is 0.327 e. The average molecular weight is 253 g/mol. The third-order valence-electron chi connectivity index (χ3n) is 5.02. The molecule has 0 aliphatic heterocycles. The lowest BCUT2D eigenvalue weighted by atomic mass is 9.97. The summed E-state index contributed by atoms with van der Waals surface area (Å²) in [6.07, 6.45) is 0.592. The minimum Gasteiger partial charge on any atom is -0.327 e. The number of hydrogen-bond acceptors (Lipinski definition) is 1. The molecule has 0 aromatic heterocycles. The Bertz CT molecular complexity index is 452. The van der Waals surface area contributed by atoms with Crippen molar-refractivity contribution in [1.82, 2.24) is 0 Å². The predicted octanol–water partition coefficient (Wildman–Crippen LogP) is 3.52. The Kier molecular flexibility index (Phi) is 3.01. The van der Waals surface area contributed by atoms with Crippen LogP contribution in [0.15, 0.2) is 18.2 Å². The molecule has 0 radical (unpaired) electrons. The van der Waals surface area contributed by atoms with Gasteiger partial charge in [0.05, 0.1) is 0 Å². The summed E-state index contributed by atoms with van der Waals surface area (Å²) in [4.78, 5) is 0. The Morgan fingerprint density at radius 1 is 1.11 bits per heavy atom. The quantitative estimate of drug-likeness (QED) is 0.876. The Labute approximate surface area is 107 Å². The van der Waals surface area contributed by atoms with Gasteiger partial charge in [0.2, 0.25) is 0 Å². The van der Waals surface area contributed by atoms with E-state index in [9.17, 15) is 8.78 Å². The maximum absolute atomic E-state index is 13.1. The summed E-state index contributed by atoms with van der Waals surface area (Å²) < 4.78 is 26.0. The molecule has 1 nitrogen and oxygen atoms in total. The van der Waals surface area contributed by atoms with Crippen LogP contribution in [0.1, 0.15) is 33.3 Å². The molecular formula is C15H21F2N. The summed E-state index contributed by atoms with van der Waals surface area (Å²) >= 11 is 0. The molecule has 2 N–H and O–H groups in total. The van der Waals surface area contributed by atoms with Crippen LogP contribution in [0.3, 0.4) is 0 Å². The lowest BCUT2D eigenvalue weighted by molar-refractivity contribution is 0.457. The van der Waals surface area contributed by atoms with Gasteiger partial charge in [-0.3, -0.25) is 0 Å².